The van der Waals surface area contributed by atoms with Crippen LogP contribution >= 0.6 is 11.6 Å². The summed E-state index contributed by atoms with van der Waals surface area (Å²) in [6.45, 7) is 5.76. The van der Waals surface area contributed by atoms with Crippen molar-refractivity contribution in [2.75, 3.05) is 31.1 Å². The average molecular weight is 394 g/mol. The molecule has 0 aliphatic carbocycles. The molecule has 1 aliphatic heterocycles. The molecule has 1 N–H and O–H groups in total. The van der Waals surface area contributed by atoms with Gasteiger partial charge in [-0.1, -0.05) is 35.9 Å². The maximum Gasteiger partial charge on any atom is 0.120 e. The fourth-order valence-corrected chi connectivity index (χ4v) is 4.17. The number of piperazine rings is 1. The average Bonchev–Trinajstić information content (AvgIpc) is 2.73. The van der Waals surface area contributed by atoms with Crippen LogP contribution in [-0.2, 0) is 0 Å². The number of aromatic nitrogens is 1. The summed E-state index contributed by atoms with van der Waals surface area (Å²) in [5.41, 5.74) is 4.48. The van der Waals surface area contributed by atoms with E-state index in [4.69, 9.17) is 11.6 Å². The molecule has 5 heteroatoms. The Kier molecular flexibility index (Phi) is 5.51. The summed E-state index contributed by atoms with van der Waals surface area (Å²) >= 11 is 6.29. The van der Waals surface area contributed by atoms with Crippen LogP contribution in [0.15, 0.2) is 67.0 Å². The van der Waals surface area contributed by atoms with Gasteiger partial charge in [-0.3, -0.25) is 9.88 Å². The van der Waals surface area contributed by atoms with E-state index in [2.05, 4.69) is 58.1 Å². The van der Waals surface area contributed by atoms with Gasteiger partial charge in [0.15, 0.2) is 0 Å². The van der Waals surface area contributed by atoms with Crippen molar-refractivity contribution in [2.45, 2.75) is 13.0 Å². The zero-order valence-corrected chi connectivity index (χ0v) is 16.7. The van der Waals surface area contributed by atoms with Gasteiger partial charge in [0.05, 0.1) is 6.04 Å². The SMILES string of the molecule is Cc1ccccc1C(c1cc(Cl)ccc1O)N1CCN(c2ccncc2)CC1. The molecule has 0 saturated carbocycles. The molecule has 1 atom stereocenters. The van der Waals surface area contributed by atoms with Crippen molar-refractivity contribution in [3.05, 3.63) is 88.7 Å². The zero-order valence-electron chi connectivity index (χ0n) is 15.9. The molecule has 0 amide bonds. The quantitative estimate of drug-likeness (QED) is 0.699. The number of phenols is 1. The largest absolute Gasteiger partial charge is 0.508 e. The van der Waals surface area contributed by atoms with E-state index < -0.39 is 0 Å². The number of aryl methyl sites for hydroxylation is 1. The zero-order chi connectivity index (χ0) is 19.5. The van der Waals surface area contributed by atoms with Crippen molar-refractivity contribution >= 4 is 17.3 Å². The fraction of sp³-hybridized carbons (Fsp3) is 0.261. The summed E-state index contributed by atoms with van der Waals surface area (Å²) in [6, 6.07) is 17.8. The van der Waals surface area contributed by atoms with Gasteiger partial charge in [0.25, 0.3) is 0 Å². The number of nitrogens with zero attached hydrogens (tertiary/aromatic N) is 3. The van der Waals surface area contributed by atoms with Gasteiger partial charge in [-0.2, -0.15) is 0 Å². The van der Waals surface area contributed by atoms with Crippen molar-refractivity contribution in [1.82, 2.24) is 9.88 Å². The molecule has 144 valence electrons. The van der Waals surface area contributed by atoms with Crippen LogP contribution in [0.1, 0.15) is 22.7 Å². The highest BCUT2D eigenvalue weighted by Crippen LogP contribution is 2.37. The number of aromatic hydroxyl groups is 1. The maximum absolute atomic E-state index is 10.6. The van der Waals surface area contributed by atoms with Crippen molar-refractivity contribution in [2.24, 2.45) is 0 Å². The third-order valence-corrected chi connectivity index (χ3v) is 5.71. The summed E-state index contributed by atoms with van der Waals surface area (Å²) in [5.74, 6) is 0.286. The lowest BCUT2D eigenvalue weighted by molar-refractivity contribution is 0.209. The van der Waals surface area contributed by atoms with Crippen LogP contribution in [0.4, 0.5) is 5.69 Å². The first-order valence-electron chi connectivity index (χ1n) is 9.56. The summed E-state index contributed by atoms with van der Waals surface area (Å²) in [6.07, 6.45) is 3.67. The van der Waals surface area contributed by atoms with E-state index >= 15 is 0 Å². The molecule has 4 nitrogen and oxygen atoms in total. The first-order valence-corrected chi connectivity index (χ1v) is 9.94. The Balaban J connectivity index is 1.65. The van der Waals surface area contributed by atoms with E-state index in [0.29, 0.717) is 5.02 Å². The third kappa shape index (κ3) is 3.84. The molecule has 0 radical (unpaired) electrons. The Hall–Kier alpha value is -2.56. The monoisotopic (exact) mass is 393 g/mol. The van der Waals surface area contributed by atoms with Crippen LogP contribution in [0, 0.1) is 6.92 Å². The maximum atomic E-state index is 10.6. The van der Waals surface area contributed by atoms with Gasteiger partial charge in [-0.05, 0) is 48.4 Å². The van der Waals surface area contributed by atoms with Crippen molar-refractivity contribution in [1.29, 1.82) is 0 Å². The highest BCUT2D eigenvalue weighted by Gasteiger charge is 2.29. The Morgan fingerprint density at radius 2 is 1.64 bits per heavy atom. The van der Waals surface area contributed by atoms with Gasteiger partial charge in [0.2, 0.25) is 0 Å². The van der Waals surface area contributed by atoms with E-state index in [-0.39, 0.29) is 11.8 Å². The lowest BCUT2D eigenvalue weighted by atomic mass is 9.92. The first-order chi connectivity index (χ1) is 13.6. The molecule has 28 heavy (non-hydrogen) atoms. The minimum atomic E-state index is -0.0282. The van der Waals surface area contributed by atoms with E-state index in [9.17, 15) is 5.11 Å². The number of pyridine rings is 1. The van der Waals surface area contributed by atoms with Gasteiger partial charge < -0.3 is 10.0 Å². The van der Waals surface area contributed by atoms with Crippen LogP contribution in [0.2, 0.25) is 5.02 Å². The number of hydrogen-bond donors (Lipinski definition) is 1. The van der Waals surface area contributed by atoms with Crippen LogP contribution in [-0.4, -0.2) is 41.2 Å². The topological polar surface area (TPSA) is 39.6 Å². The van der Waals surface area contributed by atoms with Gasteiger partial charge >= 0.3 is 0 Å². The molecule has 1 aliphatic rings. The summed E-state index contributed by atoms with van der Waals surface area (Å²) in [7, 11) is 0. The van der Waals surface area contributed by atoms with Crippen LogP contribution in [0.25, 0.3) is 0 Å². The number of benzene rings is 2. The van der Waals surface area contributed by atoms with Gasteiger partial charge in [0.1, 0.15) is 5.75 Å². The molecular formula is C23H24ClN3O. The van der Waals surface area contributed by atoms with Gasteiger partial charge in [0, 0.05) is 54.8 Å². The molecule has 1 saturated heterocycles. The molecule has 1 fully saturated rings. The van der Waals surface area contributed by atoms with E-state index in [1.54, 1.807) is 12.1 Å². The minimum Gasteiger partial charge on any atom is -0.508 e. The summed E-state index contributed by atoms with van der Waals surface area (Å²) in [4.78, 5) is 8.93. The number of rotatable bonds is 4. The van der Waals surface area contributed by atoms with Gasteiger partial charge in [-0.25, -0.2) is 0 Å². The number of hydrogen-bond acceptors (Lipinski definition) is 4. The summed E-state index contributed by atoms with van der Waals surface area (Å²) in [5, 5.41) is 11.3. The van der Waals surface area contributed by atoms with Gasteiger partial charge in [-0.15, -0.1) is 0 Å². The highest BCUT2D eigenvalue weighted by atomic mass is 35.5. The molecular weight excluding hydrogens is 370 g/mol. The molecule has 2 aromatic carbocycles. The predicted octanol–water partition coefficient (Wildman–Crippen LogP) is 4.66. The van der Waals surface area contributed by atoms with E-state index in [0.717, 1.165) is 31.7 Å². The molecule has 2 heterocycles. The second-order valence-electron chi connectivity index (χ2n) is 7.19. The van der Waals surface area contributed by atoms with Crippen molar-refractivity contribution < 1.29 is 5.11 Å². The predicted molar refractivity (Wildman–Crippen MR) is 114 cm³/mol. The normalized spacial score (nSPS) is 16.1. The number of anilines is 1. The molecule has 1 unspecified atom stereocenters. The van der Waals surface area contributed by atoms with Crippen molar-refractivity contribution in [3.8, 4) is 5.75 Å². The van der Waals surface area contributed by atoms with Crippen LogP contribution in [0.5, 0.6) is 5.75 Å². The van der Waals surface area contributed by atoms with Crippen molar-refractivity contribution in [3.63, 3.8) is 0 Å². The Morgan fingerprint density at radius 3 is 2.36 bits per heavy atom. The van der Waals surface area contributed by atoms with Crippen LogP contribution < -0.4 is 4.90 Å². The Bertz CT molecular complexity index is 940. The lowest BCUT2D eigenvalue weighted by Gasteiger charge is -2.41. The molecule has 0 bridgehead atoms. The lowest BCUT2D eigenvalue weighted by Crippen LogP contribution is -2.48. The summed E-state index contributed by atoms with van der Waals surface area (Å²) < 4.78 is 0. The molecule has 1 aromatic heterocycles. The Labute approximate surface area is 171 Å². The standard InChI is InChI=1S/C23H24ClN3O/c1-17-4-2-3-5-20(17)23(21-16-18(24)6-7-22(21)28)27-14-12-26(13-15-27)19-8-10-25-11-9-19/h2-11,16,23,28H,12-15H2,1H3. The second-order valence-corrected chi connectivity index (χ2v) is 7.63. The first kappa shape index (κ1) is 18.8. The molecule has 4 rings (SSSR count). The Morgan fingerprint density at radius 1 is 0.929 bits per heavy atom. The smallest absolute Gasteiger partial charge is 0.120 e. The third-order valence-electron chi connectivity index (χ3n) is 5.47. The molecule has 0 spiro atoms. The van der Waals surface area contributed by atoms with E-state index in [1.807, 2.05) is 18.5 Å². The number of halogens is 1. The second kappa shape index (κ2) is 8.21. The number of phenolic OH excluding ortho intramolecular Hbond substituents is 1. The van der Waals surface area contributed by atoms with E-state index in [1.165, 1.54) is 16.8 Å². The fourth-order valence-electron chi connectivity index (χ4n) is 3.99. The highest BCUT2D eigenvalue weighted by molar-refractivity contribution is 6.30. The van der Waals surface area contributed by atoms with Crippen LogP contribution in [0.3, 0.4) is 0 Å². The molecule has 3 aromatic rings. The minimum absolute atomic E-state index is 0.0282.